The van der Waals surface area contributed by atoms with E-state index in [4.69, 9.17) is 4.74 Å². The van der Waals surface area contributed by atoms with E-state index in [9.17, 15) is 24.6 Å². The number of benzene rings is 3. The van der Waals surface area contributed by atoms with Crippen LogP contribution in [0.15, 0.2) is 78.4 Å². The Balaban J connectivity index is 1.91. The van der Waals surface area contributed by atoms with Crippen molar-refractivity contribution in [3.8, 4) is 0 Å². The molecule has 0 saturated carbocycles. The third-order valence-corrected chi connectivity index (χ3v) is 4.88. The molecule has 0 radical (unpaired) electrons. The molecule has 0 spiro atoms. The number of esters is 1. The third kappa shape index (κ3) is 5.79. The van der Waals surface area contributed by atoms with Crippen molar-refractivity contribution in [3.63, 3.8) is 0 Å². The standard InChI is InChI=1S/C25H22O6/c26-23(27)15-22(25(29)30)21(20-12-6-10-18-9-4-5-11-19(18)20)16-24(28)31-14-13-17-7-2-1-3-8-17/h1-12H,13-16H2,(H,26,27)(H,29,30). The summed E-state index contributed by atoms with van der Waals surface area (Å²) in [4.78, 5) is 35.8. The average molecular weight is 418 g/mol. The van der Waals surface area contributed by atoms with Crippen molar-refractivity contribution in [3.05, 3.63) is 89.5 Å². The number of carboxylic acids is 2. The number of aliphatic carboxylic acids is 2. The van der Waals surface area contributed by atoms with Crippen LogP contribution in [0.2, 0.25) is 0 Å². The smallest absolute Gasteiger partial charge is 0.332 e. The van der Waals surface area contributed by atoms with Crippen LogP contribution in [0.1, 0.15) is 24.0 Å². The minimum atomic E-state index is -1.37. The van der Waals surface area contributed by atoms with Crippen molar-refractivity contribution in [2.24, 2.45) is 0 Å². The van der Waals surface area contributed by atoms with Gasteiger partial charge in [-0.2, -0.15) is 0 Å². The number of ether oxygens (including phenoxy) is 1. The molecule has 2 N–H and O–H groups in total. The second kappa shape index (κ2) is 10.2. The maximum Gasteiger partial charge on any atom is 0.332 e. The van der Waals surface area contributed by atoms with Gasteiger partial charge in [-0.1, -0.05) is 72.8 Å². The maximum absolute atomic E-state index is 12.6. The molecular formula is C25H22O6. The van der Waals surface area contributed by atoms with E-state index in [1.165, 1.54) is 0 Å². The lowest BCUT2D eigenvalue weighted by Crippen LogP contribution is -2.14. The number of carbonyl (C=O) groups excluding carboxylic acids is 1. The first kappa shape index (κ1) is 21.8. The van der Waals surface area contributed by atoms with E-state index < -0.39 is 24.3 Å². The highest BCUT2D eigenvalue weighted by Gasteiger charge is 2.23. The number of carboxylic acid groups (broad SMARTS) is 2. The van der Waals surface area contributed by atoms with Gasteiger partial charge in [0.2, 0.25) is 0 Å². The maximum atomic E-state index is 12.6. The quantitative estimate of drug-likeness (QED) is 0.396. The van der Waals surface area contributed by atoms with Gasteiger partial charge in [0, 0.05) is 6.42 Å². The van der Waals surface area contributed by atoms with E-state index in [0.717, 1.165) is 16.3 Å². The van der Waals surface area contributed by atoms with Gasteiger partial charge in [-0.05, 0) is 27.5 Å². The molecule has 0 unspecified atom stereocenters. The Bertz CT molecular complexity index is 1130. The van der Waals surface area contributed by atoms with Crippen LogP contribution in [0.4, 0.5) is 0 Å². The van der Waals surface area contributed by atoms with Gasteiger partial charge in [0.15, 0.2) is 0 Å². The fraction of sp³-hybridized carbons (Fsp3) is 0.160. The normalized spacial score (nSPS) is 11.6. The first-order valence-corrected chi connectivity index (χ1v) is 9.80. The van der Waals surface area contributed by atoms with Crippen LogP contribution in [-0.4, -0.2) is 34.7 Å². The summed E-state index contributed by atoms with van der Waals surface area (Å²) >= 11 is 0. The molecule has 0 bridgehead atoms. The van der Waals surface area contributed by atoms with Crippen LogP contribution in [0.25, 0.3) is 16.3 Å². The number of carbonyl (C=O) groups is 3. The minimum Gasteiger partial charge on any atom is -0.481 e. The lowest BCUT2D eigenvalue weighted by Gasteiger charge is -2.15. The summed E-state index contributed by atoms with van der Waals surface area (Å²) < 4.78 is 5.33. The molecule has 0 amide bonds. The summed E-state index contributed by atoms with van der Waals surface area (Å²) in [6, 6.07) is 22.2. The molecule has 0 saturated heterocycles. The van der Waals surface area contributed by atoms with E-state index in [2.05, 4.69) is 0 Å². The molecule has 3 aromatic rings. The van der Waals surface area contributed by atoms with Crippen LogP contribution in [-0.2, 0) is 25.5 Å². The second-order valence-corrected chi connectivity index (χ2v) is 6.99. The molecule has 0 fully saturated rings. The van der Waals surface area contributed by atoms with Gasteiger partial charge in [-0.25, -0.2) is 4.79 Å². The largest absolute Gasteiger partial charge is 0.481 e. The number of fused-ring (bicyclic) bond motifs is 1. The Kier molecular flexibility index (Phi) is 7.17. The van der Waals surface area contributed by atoms with E-state index in [1.807, 2.05) is 54.6 Å². The summed E-state index contributed by atoms with van der Waals surface area (Å²) in [7, 11) is 0. The second-order valence-electron chi connectivity index (χ2n) is 6.99. The first-order valence-electron chi connectivity index (χ1n) is 9.80. The average Bonchev–Trinajstić information content (AvgIpc) is 2.76. The summed E-state index contributed by atoms with van der Waals surface area (Å²) in [5.74, 6) is -3.27. The molecule has 6 nitrogen and oxygen atoms in total. The predicted octanol–water partition coefficient (Wildman–Crippen LogP) is 4.33. The lowest BCUT2D eigenvalue weighted by atomic mass is 9.91. The Morgan fingerprint density at radius 1 is 0.774 bits per heavy atom. The van der Waals surface area contributed by atoms with Gasteiger partial charge in [0.1, 0.15) is 0 Å². The summed E-state index contributed by atoms with van der Waals surface area (Å²) in [6.45, 7) is 0.146. The van der Waals surface area contributed by atoms with Gasteiger partial charge in [0.05, 0.1) is 25.0 Å². The summed E-state index contributed by atoms with van der Waals surface area (Å²) in [5.41, 5.74) is 1.34. The number of hydrogen-bond donors (Lipinski definition) is 2. The monoisotopic (exact) mass is 418 g/mol. The molecule has 3 aromatic carbocycles. The molecule has 6 heteroatoms. The molecular weight excluding hydrogens is 396 g/mol. The van der Waals surface area contributed by atoms with Crippen molar-refractivity contribution in [1.29, 1.82) is 0 Å². The summed E-state index contributed by atoms with van der Waals surface area (Å²) in [5, 5.41) is 20.5. The Morgan fingerprint density at radius 2 is 1.45 bits per heavy atom. The van der Waals surface area contributed by atoms with Gasteiger partial charge in [-0.3, -0.25) is 9.59 Å². The zero-order valence-corrected chi connectivity index (χ0v) is 16.8. The third-order valence-electron chi connectivity index (χ3n) is 4.88. The highest BCUT2D eigenvalue weighted by molar-refractivity contribution is 6.07. The van der Waals surface area contributed by atoms with Crippen LogP contribution in [0.3, 0.4) is 0 Å². The van der Waals surface area contributed by atoms with E-state index >= 15 is 0 Å². The van der Waals surface area contributed by atoms with Crippen molar-refractivity contribution < 1.29 is 29.3 Å². The lowest BCUT2D eigenvalue weighted by molar-refractivity contribution is -0.142. The van der Waals surface area contributed by atoms with Crippen LogP contribution in [0, 0.1) is 0 Å². The Morgan fingerprint density at radius 3 is 2.16 bits per heavy atom. The molecule has 31 heavy (non-hydrogen) atoms. The Hall–Kier alpha value is -3.93. The van der Waals surface area contributed by atoms with Crippen LogP contribution >= 0.6 is 0 Å². The molecule has 158 valence electrons. The van der Waals surface area contributed by atoms with Crippen molar-refractivity contribution in [2.75, 3.05) is 6.61 Å². The molecule has 3 rings (SSSR count). The van der Waals surface area contributed by atoms with E-state index in [0.29, 0.717) is 12.0 Å². The van der Waals surface area contributed by atoms with Crippen LogP contribution in [0.5, 0.6) is 0 Å². The molecule has 0 aromatic heterocycles. The minimum absolute atomic E-state index is 0.146. The van der Waals surface area contributed by atoms with Gasteiger partial charge in [0.25, 0.3) is 0 Å². The highest BCUT2D eigenvalue weighted by Crippen LogP contribution is 2.31. The predicted molar refractivity (Wildman–Crippen MR) is 116 cm³/mol. The molecule has 0 aliphatic rings. The number of hydrogen-bond acceptors (Lipinski definition) is 4. The molecule has 0 heterocycles. The fourth-order valence-corrected chi connectivity index (χ4v) is 3.44. The first-order chi connectivity index (χ1) is 15.0. The fourth-order valence-electron chi connectivity index (χ4n) is 3.44. The van der Waals surface area contributed by atoms with Crippen LogP contribution < -0.4 is 0 Å². The Labute approximate surface area is 179 Å². The topological polar surface area (TPSA) is 101 Å². The zero-order chi connectivity index (χ0) is 22.2. The van der Waals surface area contributed by atoms with Gasteiger partial charge < -0.3 is 14.9 Å². The van der Waals surface area contributed by atoms with Gasteiger partial charge >= 0.3 is 17.9 Å². The SMILES string of the molecule is O=C(O)CC(C(=O)O)=C(CC(=O)OCCc1ccccc1)c1cccc2ccccc12. The van der Waals surface area contributed by atoms with E-state index in [1.54, 1.807) is 18.2 Å². The molecule has 0 atom stereocenters. The van der Waals surface area contributed by atoms with Gasteiger partial charge in [-0.15, -0.1) is 0 Å². The highest BCUT2D eigenvalue weighted by atomic mass is 16.5. The van der Waals surface area contributed by atoms with E-state index in [-0.39, 0.29) is 24.2 Å². The molecule has 0 aliphatic carbocycles. The van der Waals surface area contributed by atoms with Crippen molar-refractivity contribution in [2.45, 2.75) is 19.3 Å². The molecule has 0 aliphatic heterocycles. The summed E-state index contributed by atoms with van der Waals surface area (Å²) in [6.07, 6.45) is -0.510. The zero-order valence-electron chi connectivity index (χ0n) is 16.8. The van der Waals surface area contributed by atoms with Crippen molar-refractivity contribution >= 4 is 34.3 Å². The number of rotatable bonds is 9. The van der Waals surface area contributed by atoms with Crippen molar-refractivity contribution in [1.82, 2.24) is 0 Å².